The third kappa shape index (κ3) is 5.13. The maximum atomic E-state index is 13.2. The molecule has 1 saturated heterocycles. The molecule has 1 fully saturated rings. The molecule has 0 aliphatic carbocycles. The summed E-state index contributed by atoms with van der Waals surface area (Å²) in [6.45, 7) is 3.65. The molecule has 1 heterocycles. The SMILES string of the molecule is CCOC(=O)C1CSC(c2ccccc2)N1C(=O)C(C)CP(=O)(OC)OC. The van der Waals surface area contributed by atoms with Crippen molar-refractivity contribution in [3.05, 3.63) is 35.9 Å². The summed E-state index contributed by atoms with van der Waals surface area (Å²) in [5.74, 6) is -0.896. The van der Waals surface area contributed by atoms with Crippen LogP contribution >= 0.6 is 19.4 Å². The lowest BCUT2D eigenvalue weighted by atomic mass is 10.1. The van der Waals surface area contributed by atoms with E-state index in [1.165, 1.54) is 26.0 Å². The number of thioether (sulfide) groups is 1. The molecule has 27 heavy (non-hydrogen) atoms. The van der Waals surface area contributed by atoms with E-state index < -0.39 is 25.5 Å². The van der Waals surface area contributed by atoms with Crippen molar-refractivity contribution in [2.24, 2.45) is 5.92 Å². The first-order chi connectivity index (χ1) is 12.9. The maximum absolute atomic E-state index is 13.2. The number of benzene rings is 1. The molecule has 1 aliphatic rings. The zero-order valence-electron chi connectivity index (χ0n) is 16.0. The summed E-state index contributed by atoms with van der Waals surface area (Å²) in [5.41, 5.74) is 0.927. The van der Waals surface area contributed by atoms with Gasteiger partial charge in [0.25, 0.3) is 0 Å². The highest BCUT2D eigenvalue weighted by Crippen LogP contribution is 2.49. The van der Waals surface area contributed by atoms with E-state index in [0.717, 1.165) is 5.56 Å². The van der Waals surface area contributed by atoms with Gasteiger partial charge in [0.05, 0.1) is 12.8 Å². The number of hydrogen-bond donors (Lipinski definition) is 0. The molecule has 0 bridgehead atoms. The number of amides is 1. The molecule has 1 aromatic rings. The third-order valence-corrected chi connectivity index (χ3v) is 7.80. The van der Waals surface area contributed by atoms with Crippen molar-refractivity contribution in [3.8, 4) is 0 Å². The Kier molecular flexibility index (Phi) is 7.91. The second-order valence-electron chi connectivity index (χ2n) is 6.17. The predicted molar refractivity (Wildman–Crippen MR) is 105 cm³/mol. The monoisotopic (exact) mass is 415 g/mol. The molecular formula is C18H26NO6PS. The molecule has 2 rings (SSSR count). The number of rotatable bonds is 8. The van der Waals surface area contributed by atoms with Crippen molar-refractivity contribution in [2.75, 3.05) is 32.7 Å². The highest BCUT2D eigenvalue weighted by atomic mass is 32.2. The van der Waals surface area contributed by atoms with Gasteiger partial charge < -0.3 is 18.7 Å². The molecule has 9 heteroatoms. The van der Waals surface area contributed by atoms with Gasteiger partial charge in [-0.2, -0.15) is 0 Å². The van der Waals surface area contributed by atoms with Crippen LogP contribution in [0.25, 0.3) is 0 Å². The van der Waals surface area contributed by atoms with Crippen LogP contribution in [0.2, 0.25) is 0 Å². The summed E-state index contributed by atoms with van der Waals surface area (Å²) >= 11 is 1.51. The Labute approximate surface area is 164 Å². The second-order valence-corrected chi connectivity index (χ2v) is 9.60. The Morgan fingerprint density at radius 2 is 1.89 bits per heavy atom. The lowest BCUT2D eigenvalue weighted by Crippen LogP contribution is -2.46. The van der Waals surface area contributed by atoms with E-state index in [1.54, 1.807) is 18.7 Å². The van der Waals surface area contributed by atoms with Crippen LogP contribution in [-0.4, -0.2) is 55.6 Å². The molecule has 0 N–H and O–H groups in total. The molecule has 0 spiro atoms. The molecule has 3 unspecified atom stereocenters. The fraction of sp³-hybridized carbons (Fsp3) is 0.556. The normalized spacial score (nSPS) is 21.1. The molecule has 1 aromatic carbocycles. The minimum atomic E-state index is -3.35. The third-order valence-electron chi connectivity index (χ3n) is 4.37. The molecule has 0 radical (unpaired) electrons. The Bertz CT molecular complexity index is 692. The molecule has 7 nitrogen and oxygen atoms in total. The molecule has 0 aromatic heterocycles. The number of esters is 1. The van der Waals surface area contributed by atoms with Crippen molar-refractivity contribution >= 4 is 31.2 Å². The van der Waals surface area contributed by atoms with E-state index >= 15 is 0 Å². The zero-order chi connectivity index (χ0) is 20.0. The number of nitrogens with zero attached hydrogens (tertiary/aromatic N) is 1. The Hall–Kier alpha value is -1.34. The summed E-state index contributed by atoms with van der Waals surface area (Å²) in [5, 5.41) is -0.306. The van der Waals surface area contributed by atoms with Gasteiger partial charge in [0, 0.05) is 25.9 Å². The van der Waals surface area contributed by atoms with Crippen molar-refractivity contribution in [3.63, 3.8) is 0 Å². The van der Waals surface area contributed by atoms with E-state index in [0.29, 0.717) is 5.75 Å². The van der Waals surface area contributed by atoms with Gasteiger partial charge in [0.1, 0.15) is 11.4 Å². The highest BCUT2D eigenvalue weighted by Gasteiger charge is 2.45. The fourth-order valence-electron chi connectivity index (χ4n) is 2.96. The van der Waals surface area contributed by atoms with Crippen molar-refractivity contribution < 1.29 is 27.9 Å². The molecule has 3 atom stereocenters. The zero-order valence-corrected chi connectivity index (χ0v) is 17.7. The van der Waals surface area contributed by atoms with Gasteiger partial charge in [-0.1, -0.05) is 37.3 Å². The largest absolute Gasteiger partial charge is 0.464 e. The highest BCUT2D eigenvalue weighted by molar-refractivity contribution is 7.99. The van der Waals surface area contributed by atoms with Gasteiger partial charge in [-0.15, -0.1) is 11.8 Å². The van der Waals surface area contributed by atoms with Crippen LogP contribution in [0, 0.1) is 5.92 Å². The minimum absolute atomic E-state index is 0.0585. The van der Waals surface area contributed by atoms with Crippen LogP contribution in [0.5, 0.6) is 0 Å². The predicted octanol–water partition coefficient (Wildman–Crippen LogP) is 3.31. The number of hydrogen-bond acceptors (Lipinski definition) is 7. The van der Waals surface area contributed by atoms with Crippen LogP contribution in [0.15, 0.2) is 30.3 Å². The van der Waals surface area contributed by atoms with E-state index in [9.17, 15) is 14.2 Å². The smallest absolute Gasteiger partial charge is 0.330 e. The second kappa shape index (κ2) is 9.73. The Morgan fingerprint density at radius 3 is 2.44 bits per heavy atom. The first-order valence-electron chi connectivity index (χ1n) is 8.72. The first-order valence-corrected chi connectivity index (χ1v) is 11.5. The summed E-state index contributed by atoms with van der Waals surface area (Å²) in [7, 11) is -0.764. The minimum Gasteiger partial charge on any atom is -0.464 e. The van der Waals surface area contributed by atoms with Gasteiger partial charge in [-0.3, -0.25) is 9.36 Å². The quantitative estimate of drug-likeness (QED) is 0.476. The summed E-state index contributed by atoms with van der Waals surface area (Å²) < 4.78 is 27.5. The van der Waals surface area contributed by atoms with Gasteiger partial charge in [0.2, 0.25) is 5.91 Å². The topological polar surface area (TPSA) is 82.1 Å². The van der Waals surface area contributed by atoms with Gasteiger partial charge in [0.15, 0.2) is 0 Å². The number of ether oxygens (including phenoxy) is 1. The number of carbonyl (C=O) groups excluding carboxylic acids is 2. The Morgan fingerprint density at radius 1 is 1.26 bits per heavy atom. The molecular weight excluding hydrogens is 389 g/mol. The molecule has 1 amide bonds. The van der Waals surface area contributed by atoms with Crippen molar-refractivity contribution in [1.29, 1.82) is 0 Å². The molecule has 1 aliphatic heterocycles. The van der Waals surface area contributed by atoms with E-state index in [1.807, 2.05) is 30.3 Å². The average molecular weight is 415 g/mol. The van der Waals surface area contributed by atoms with E-state index in [2.05, 4.69) is 0 Å². The van der Waals surface area contributed by atoms with Gasteiger partial charge in [-0.25, -0.2) is 4.79 Å². The van der Waals surface area contributed by atoms with Crippen molar-refractivity contribution in [2.45, 2.75) is 25.3 Å². The lowest BCUT2D eigenvalue weighted by molar-refractivity contribution is -0.154. The average Bonchev–Trinajstić information content (AvgIpc) is 3.13. The maximum Gasteiger partial charge on any atom is 0.330 e. The molecule has 0 saturated carbocycles. The standard InChI is InChI=1S/C18H26NO6PS/c1-5-25-18(21)15-12-27-17(14-9-7-6-8-10-14)19(15)16(20)13(2)11-26(22,23-3)24-4/h6-10,13,15,17H,5,11-12H2,1-4H3. The summed E-state index contributed by atoms with van der Waals surface area (Å²) in [6, 6.07) is 8.85. The lowest BCUT2D eigenvalue weighted by Gasteiger charge is -2.31. The molecule has 150 valence electrons. The van der Waals surface area contributed by atoms with Gasteiger partial charge >= 0.3 is 13.6 Å². The number of carbonyl (C=O) groups is 2. The van der Waals surface area contributed by atoms with Crippen LogP contribution in [0.1, 0.15) is 24.8 Å². The van der Waals surface area contributed by atoms with Crippen LogP contribution in [0.3, 0.4) is 0 Å². The summed E-state index contributed by atoms with van der Waals surface area (Å²) in [6.07, 6.45) is -0.0585. The Balaban J connectivity index is 2.30. The first kappa shape index (κ1) is 22.0. The summed E-state index contributed by atoms with van der Waals surface area (Å²) in [4.78, 5) is 27.2. The van der Waals surface area contributed by atoms with Gasteiger partial charge in [-0.05, 0) is 12.5 Å². The van der Waals surface area contributed by atoms with Crippen LogP contribution in [0.4, 0.5) is 0 Å². The van der Waals surface area contributed by atoms with E-state index in [4.69, 9.17) is 13.8 Å². The fourth-order valence-corrected chi connectivity index (χ4v) is 5.66. The van der Waals surface area contributed by atoms with Crippen LogP contribution < -0.4 is 0 Å². The van der Waals surface area contributed by atoms with E-state index in [-0.39, 0.29) is 24.0 Å². The van der Waals surface area contributed by atoms with Crippen LogP contribution in [-0.2, 0) is 27.9 Å². The van der Waals surface area contributed by atoms with Crippen molar-refractivity contribution in [1.82, 2.24) is 4.90 Å².